The Hall–Kier alpha value is -1.88. The molecule has 0 fully saturated rings. The quantitative estimate of drug-likeness (QED) is 0.690. The molecular formula is C15H23N3O2. The normalized spacial score (nSPS) is 11.8. The number of hydrogen-bond donors (Lipinski definition) is 3. The zero-order chi connectivity index (χ0) is 15.0. The summed E-state index contributed by atoms with van der Waals surface area (Å²) in [6, 6.07) is 6.93. The SMILES string of the molecule is CCCC(N)C(=O)NCCc1cccc(C(=O)NC)c1. The number of amides is 2. The van der Waals surface area contributed by atoms with Crippen molar-refractivity contribution in [2.75, 3.05) is 13.6 Å². The van der Waals surface area contributed by atoms with Crippen LogP contribution in [-0.4, -0.2) is 31.4 Å². The number of carbonyl (C=O) groups excluding carboxylic acids is 2. The van der Waals surface area contributed by atoms with Gasteiger partial charge in [-0.25, -0.2) is 0 Å². The summed E-state index contributed by atoms with van der Waals surface area (Å²) >= 11 is 0. The fraction of sp³-hybridized carbons (Fsp3) is 0.467. The molecule has 1 aromatic rings. The molecule has 5 nitrogen and oxygen atoms in total. The minimum atomic E-state index is -0.433. The summed E-state index contributed by atoms with van der Waals surface area (Å²) in [5, 5.41) is 5.40. The van der Waals surface area contributed by atoms with Crippen LogP contribution in [0, 0.1) is 0 Å². The van der Waals surface area contributed by atoms with Gasteiger partial charge in [-0.3, -0.25) is 9.59 Å². The highest BCUT2D eigenvalue weighted by Crippen LogP contribution is 2.05. The van der Waals surface area contributed by atoms with E-state index in [-0.39, 0.29) is 11.8 Å². The minimum absolute atomic E-state index is 0.110. The van der Waals surface area contributed by atoms with E-state index in [9.17, 15) is 9.59 Å². The molecule has 0 saturated heterocycles. The lowest BCUT2D eigenvalue weighted by Gasteiger charge is -2.11. The van der Waals surface area contributed by atoms with E-state index in [0.717, 1.165) is 12.0 Å². The maximum absolute atomic E-state index is 11.6. The number of carbonyl (C=O) groups is 2. The first kappa shape index (κ1) is 16.2. The molecule has 20 heavy (non-hydrogen) atoms. The topological polar surface area (TPSA) is 84.2 Å². The first-order valence-corrected chi connectivity index (χ1v) is 6.92. The molecule has 5 heteroatoms. The lowest BCUT2D eigenvalue weighted by Crippen LogP contribution is -2.41. The molecular weight excluding hydrogens is 254 g/mol. The van der Waals surface area contributed by atoms with Gasteiger partial charge in [0.25, 0.3) is 5.91 Å². The molecule has 0 aromatic heterocycles. The molecule has 1 atom stereocenters. The summed E-state index contributed by atoms with van der Waals surface area (Å²) in [4.78, 5) is 23.2. The number of hydrogen-bond acceptors (Lipinski definition) is 3. The molecule has 0 saturated carbocycles. The van der Waals surface area contributed by atoms with Crippen molar-refractivity contribution in [3.8, 4) is 0 Å². The van der Waals surface area contributed by atoms with Crippen LogP contribution in [-0.2, 0) is 11.2 Å². The highest BCUT2D eigenvalue weighted by molar-refractivity contribution is 5.94. The van der Waals surface area contributed by atoms with E-state index < -0.39 is 6.04 Å². The van der Waals surface area contributed by atoms with Gasteiger partial charge in [0, 0.05) is 19.2 Å². The Balaban J connectivity index is 2.46. The highest BCUT2D eigenvalue weighted by Gasteiger charge is 2.11. The molecule has 4 N–H and O–H groups in total. The van der Waals surface area contributed by atoms with Crippen molar-refractivity contribution in [2.45, 2.75) is 32.2 Å². The third-order valence-electron chi connectivity index (χ3n) is 3.07. The van der Waals surface area contributed by atoms with Gasteiger partial charge in [0.1, 0.15) is 0 Å². The van der Waals surface area contributed by atoms with E-state index in [1.54, 1.807) is 13.1 Å². The summed E-state index contributed by atoms with van der Waals surface area (Å²) in [6.07, 6.45) is 2.26. The maximum atomic E-state index is 11.6. The Kier molecular flexibility index (Phi) is 6.73. The molecule has 1 aromatic carbocycles. The molecule has 0 heterocycles. The molecule has 2 amide bonds. The average molecular weight is 277 g/mol. The lowest BCUT2D eigenvalue weighted by atomic mass is 10.1. The van der Waals surface area contributed by atoms with Gasteiger partial charge >= 0.3 is 0 Å². The van der Waals surface area contributed by atoms with E-state index in [2.05, 4.69) is 10.6 Å². The second-order valence-corrected chi connectivity index (χ2v) is 4.72. The van der Waals surface area contributed by atoms with Crippen LogP contribution < -0.4 is 16.4 Å². The second-order valence-electron chi connectivity index (χ2n) is 4.72. The van der Waals surface area contributed by atoms with E-state index in [4.69, 9.17) is 5.73 Å². The number of rotatable bonds is 7. The van der Waals surface area contributed by atoms with Crippen LogP contribution in [0.1, 0.15) is 35.7 Å². The van der Waals surface area contributed by atoms with E-state index in [0.29, 0.717) is 24.9 Å². The van der Waals surface area contributed by atoms with Gasteiger partial charge in [0.15, 0.2) is 0 Å². The van der Waals surface area contributed by atoms with E-state index in [1.165, 1.54) is 0 Å². The Morgan fingerprint density at radius 3 is 2.75 bits per heavy atom. The predicted octanol–water partition coefficient (Wildman–Crippen LogP) is 0.832. The molecule has 0 aliphatic carbocycles. The molecule has 110 valence electrons. The van der Waals surface area contributed by atoms with Gasteiger partial charge in [0.05, 0.1) is 6.04 Å². The Labute approximate surface area is 119 Å². The first-order valence-electron chi connectivity index (χ1n) is 6.92. The van der Waals surface area contributed by atoms with Crippen molar-refractivity contribution >= 4 is 11.8 Å². The third kappa shape index (κ3) is 5.01. The summed E-state index contributed by atoms with van der Waals surface area (Å²) in [5.41, 5.74) is 7.36. The van der Waals surface area contributed by atoms with Crippen LogP contribution in [0.2, 0.25) is 0 Å². The van der Waals surface area contributed by atoms with Crippen molar-refractivity contribution < 1.29 is 9.59 Å². The van der Waals surface area contributed by atoms with E-state index >= 15 is 0 Å². The minimum Gasteiger partial charge on any atom is -0.355 e. The summed E-state index contributed by atoms with van der Waals surface area (Å²) in [5.74, 6) is -0.227. The first-order chi connectivity index (χ1) is 9.58. The summed E-state index contributed by atoms with van der Waals surface area (Å²) in [7, 11) is 1.60. The Bertz CT molecular complexity index is 460. The van der Waals surface area contributed by atoms with Crippen molar-refractivity contribution in [3.63, 3.8) is 0 Å². The standard InChI is InChI=1S/C15H23N3O2/c1-3-5-13(16)15(20)18-9-8-11-6-4-7-12(10-11)14(19)17-2/h4,6-7,10,13H,3,5,8-9,16H2,1-2H3,(H,17,19)(H,18,20). The van der Waals surface area contributed by atoms with Gasteiger partial charge in [-0.2, -0.15) is 0 Å². The van der Waals surface area contributed by atoms with Gasteiger partial charge < -0.3 is 16.4 Å². The summed E-state index contributed by atoms with van der Waals surface area (Å²) in [6.45, 7) is 2.52. The van der Waals surface area contributed by atoms with E-state index in [1.807, 2.05) is 25.1 Å². The molecule has 1 unspecified atom stereocenters. The van der Waals surface area contributed by atoms with Crippen molar-refractivity contribution in [3.05, 3.63) is 35.4 Å². The molecule has 1 rings (SSSR count). The van der Waals surface area contributed by atoms with Crippen LogP contribution in [0.3, 0.4) is 0 Å². The van der Waals surface area contributed by atoms with Gasteiger partial charge in [-0.05, 0) is 30.5 Å². The Morgan fingerprint density at radius 1 is 1.35 bits per heavy atom. The molecule has 0 spiro atoms. The number of benzene rings is 1. The molecule has 0 aliphatic rings. The van der Waals surface area contributed by atoms with Crippen molar-refractivity contribution in [2.24, 2.45) is 5.73 Å². The number of nitrogens with two attached hydrogens (primary N) is 1. The van der Waals surface area contributed by atoms with Crippen LogP contribution in [0.25, 0.3) is 0 Å². The maximum Gasteiger partial charge on any atom is 0.251 e. The summed E-state index contributed by atoms with van der Waals surface area (Å²) < 4.78 is 0. The fourth-order valence-electron chi connectivity index (χ4n) is 1.92. The highest BCUT2D eigenvalue weighted by atomic mass is 16.2. The number of nitrogens with one attached hydrogen (secondary N) is 2. The average Bonchev–Trinajstić information content (AvgIpc) is 2.46. The molecule has 0 radical (unpaired) electrons. The monoisotopic (exact) mass is 277 g/mol. The molecule has 0 aliphatic heterocycles. The smallest absolute Gasteiger partial charge is 0.251 e. The van der Waals surface area contributed by atoms with Gasteiger partial charge in [-0.1, -0.05) is 25.5 Å². The van der Waals surface area contributed by atoms with Crippen LogP contribution in [0.5, 0.6) is 0 Å². The van der Waals surface area contributed by atoms with Gasteiger partial charge in [-0.15, -0.1) is 0 Å². The zero-order valence-electron chi connectivity index (χ0n) is 12.1. The second kappa shape index (κ2) is 8.32. The van der Waals surface area contributed by atoms with Crippen LogP contribution in [0.4, 0.5) is 0 Å². The largest absolute Gasteiger partial charge is 0.355 e. The van der Waals surface area contributed by atoms with Crippen molar-refractivity contribution in [1.29, 1.82) is 0 Å². The predicted molar refractivity (Wildman–Crippen MR) is 79.4 cm³/mol. The third-order valence-corrected chi connectivity index (χ3v) is 3.07. The Morgan fingerprint density at radius 2 is 2.10 bits per heavy atom. The van der Waals surface area contributed by atoms with Crippen LogP contribution >= 0.6 is 0 Å². The fourth-order valence-corrected chi connectivity index (χ4v) is 1.92. The van der Waals surface area contributed by atoms with Gasteiger partial charge in [0.2, 0.25) is 5.91 Å². The zero-order valence-corrected chi connectivity index (χ0v) is 12.1. The van der Waals surface area contributed by atoms with Crippen molar-refractivity contribution in [1.82, 2.24) is 10.6 Å². The van der Waals surface area contributed by atoms with Crippen LogP contribution in [0.15, 0.2) is 24.3 Å². The molecule has 0 bridgehead atoms. The lowest BCUT2D eigenvalue weighted by molar-refractivity contribution is -0.122.